The molecular weight excluding hydrogens is 322 g/mol. The minimum absolute atomic E-state index is 0.510. The van der Waals surface area contributed by atoms with E-state index in [2.05, 4.69) is 53.0 Å². The van der Waals surface area contributed by atoms with E-state index in [1.165, 1.54) is 0 Å². The van der Waals surface area contributed by atoms with Crippen LogP contribution < -0.4 is 0 Å². The van der Waals surface area contributed by atoms with Gasteiger partial charge in [-0.15, -0.1) is 0 Å². The van der Waals surface area contributed by atoms with Crippen molar-refractivity contribution in [2.45, 2.75) is 19.8 Å². The molecule has 2 aromatic rings. The summed E-state index contributed by atoms with van der Waals surface area (Å²) in [6.45, 7) is 2.12. The van der Waals surface area contributed by atoms with Crippen LogP contribution in [0.1, 0.15) is 36.5 Å². The van der Waals surface area contributed by atoms with Gasteiger partial charge >= 0.3 is 0 Å². The number of hydrogen-bond acceptors (Lipinski definition) is 2. The Kier molecular flexibility index (Phi) is 6.61. The predicted octanol–water partition coefficient (Wildman–Crippen LogP) is 5.63. The number of benzene rings is 2. The lowest BCUT2D eigenvalue weighted by Gasteiger charge is -1.96. The van der Waals surface area contributed by atoms with Crippen molar-refractivity contribution in [3.05, 3.63) is 64.2 Å². The lowest BCUT2D eigenvalue weighted by molar-refractivity contribution is 0.983. The number of unbranched alkanes of at least 4 members (excludes halogenated alkanes) is 1. The second-order valence-electron chi connectivity index (χ2n) is 4.75. The van der Waals surface area contributed by atoms with Crippen LogP contribution in [0, 0.1) is 23.7 Å². The summed E-state index contributed by atoms with van der Waals surface area (Å²) in [5, 5.41) is 2.81. The van der Waals surface area contributed by atoms with E-state index >= 15 is 0 Å². The van der Waals surface area contributed by atoms with Gasteiger partial charge < -0.3 is 0 Å². The lowest BCUT2D eigenvalue weighted by atomic mass is 10.1. The summed E-state index contributed by atoms with van der Waals surface area (Å²) in [5.41, 5.74) is 3.37. The molecule has 0 saturated carbocycles. The van der Waals surface area contributed by atoms with Crippen LogP contribution in [0.2, 0.25) is 5.02 Å². The molecule has 0 atom stereocenters. The van der Waals surface area contributed by atoms with Gasteiger partial charge in [-0.25, -0.2) is 0 Å². The topological polar surface area (TPSA) is 12.4 Å². The van der Waals surface area contributed by atoms with Gasteiger partial charge in [-0.3, -0.25) is 0 Å². The van der Waals surface area contributed by atoms with E-state index in [1.807, 2.05) is 30.3 Å². The summed E-state index contributed by atoms with van der Waals surface area (Å²) in [6.07, 6.45) is 2.00. The zero-order valence-electron chi connectivity index (χ0n) is 12.7. The molecular formula is C20H14ClNS. The van der Waals surface area contributed by atoms with E-state index in [-0.39, 0.29) is 0 Å². The molecule has 0 amide bonds. The zero-order chi connectivity index (χ0) is 16.5. The molecule has 23 heavy (non-hydrogen) atoms. The Morgan fingerprint density at radius 1 is 0.957 bits per heavy atom. The Hall–Kier alpha value is -2.35. The van der Waals surface area contributed by atoms with Gasteiger partial charge in [-0.2, -0.15) is 4.99 Å². The molecule has 1 nitrogen and oxygen atoms in total. The highest BCUT2D eigenvalue weighted by atomic mass is 35.5. The van der Waals surface area contributed by atoms with Gasteiger partial charge in [0.2, 0.25) is 0 Å². The molecule has 0 aliphatic rings. The highest BCUT2D eigenvalue weighted by Crippen LogP contribution is 2.25. The van der Waals surface area contributed by atoms with Gasteiger partial charge in [0.25, 0.3) is 0 Å². The highest BCUT2D eigenvalue weighted by molar-refractivity contribution is 7.78. The number of rotatable bonds is 2. The van der Waals surface area contributed by atoms with Gasteiger partial charge in [0.05, 0.1) is 15.9 Å². The molecule has 2 rings (SSSR count). The number of nitrogens with zero attached hydrogens (tertiary/aromatic N) is 1. The number of halogens is 1. The van der Waals surface area contributed by atoms with E-state index in [0.29, 0.717) is 10.7 Å². The monoisotopic (exact) mass is 335 g/mol. The number of isothiocyanates is 1. The number of aliphatic imine (C=N–C) groups is 1. The molecule has 0 aliphatic heterocycles. The van der Waals surface area contributed by atoms with Gasteiger partial charge in [0.1, 0.15) is 0 Å². The molecule has 0 spiro atoms. The van der Waals surface area contributed by atoms with Gasteiger partial charge in [0.15, 0.2) is 0 Å². The van der Waals surface area contributed by atoms with Crippen LogP contribution in [0.15, 0.2) is 47.5 Å². The van der Waals surface area contributed by atoms with E-state index in [4.69, 9.17) is 11.6 Å². The Balaban J connectivity index is 2.14. The van der Waals surface area contributed by atoms with Crippen LogP contribution in [-0.4, -0.2) is 5.16 Å². The predicted molar refractivity (Wildman–Crippen MR) is 100 cm³/mol. The van der Waals surface area contributed by atoms with Crippen molar-refractivity contribution < 1.29 is 0 Å². The van der Waals surface area contributed by atoms with Crippen molar-refractivity contribution in [2.24, 2.45) is 4.99 Å². The van der Waals surface area contributed by atoms with Crippen LogP contribution >= 0.6 is 23.8 Å². The molecule has 0 unspecified atom stereocenters. The molecule has 0 aromatic heterocycles. The lowest BCUT2D eigenvalue weighted by Crippen LogP contribution is -1.79. The van der Waals surface area contributed by atoms with E-state index < -0.39 is 0 Å². The van der Waals surface area contributed by atoms with Crippen LogP contribution in [0.4, 0.5) is 5.69 Å². The third kappa shape index (κ3) is 5.41. The molecule has 0 radical (unpaired) electrons. The quantitative estimate of drug-likeness (QED) is 0.394. The van der Waals surface area contributed by atoms with Crippen LogP contribution in [0.25, 0.3) is 0 Å². The van der Waals surface area contributed by atoms with E-state index in [9.17, 15) is 0 Å². The zero-order valence-corrected chi connectivity index (χ0v) is 14.3. The normalized spacial score (nSPS) is 8.96. The van der Waals surface area contributed by atoms with Crippen molar-refractivity contribution in [3.63, 3.8) is 0 Å². The Morgan fingerprint density at radius 2 is 1.57 bits per heavy atom. The molecule has 0 N–H and O–H groups in total. The van der Waals surface area contributed by atoms with Crippen LogP contribution in [0.3, 0.4) is 0 Å². The Labute approximate surface area is 147 Å². The molecule has 0 bridgehead atoms. The number of hydrogen-bond donors (Lipinski definition) is 0. The van der Waals surface area contributed by atoms with Crippen LogP contribution in [-0.2, 0) is 0 Å². The fourth-order valence-corrected chi connectivity index (χ4v) is 2.12. The van der Waals surface area contributed by atoms with Crippen molar-refractivity contribution in [3.8, 4) is 23.7 Å². The first-order chi connectivity index (χ1) is 11.2. The third-order valence-electron chi connectivity index (χ3n) is 2.96. The first-order valence-corrected chi connectivity index (χ1v) is 8.00. The maximum atomic E-state index is 6.11. The van der Waals surface area contributed by atoms with Crippen molar-refractivity contribution in [2.75, 3.05) is 0 Å². The van der Waals surface area contributed by atoms with Crippen molar-refractivity contribution in [1.29, 1.82) is 0 Å². The summed E-state index contributed by atoms with van der Waals surface area (Å²) in [7, 11) is 0. The van der Waals surface area contributed by atoms with Crippen molar-refractivity contribution >= 4 is 34.7 Å². The first kappa shape index (κ1) is 17.0. The third-order valence-corrected chi connectivity index (χ3v) is 3.35. The van der Waals surface area contributed by atoms with Crippen LogP contribution in [0.5, 0.6) is 0 Å². The summed E-state index contributed by atoms with van der Waals surface area (Å²) in [4.78, 5) is 3.88. The first-order valence-electron chi connectivity index (χ1n) is 7.21. The maximum absolute atomic E-state index is 6.11. The van der Waals surface area contributed by atoms with E-state index in [0.717, 1.165) is 29.5 Å². The molecule has 3 heteroatoms. The van der Waals surface area contributed by atoms with Gasteiger partial charge in [0, 0.05) is 23.1 Å². The molecule has 112 valence electrons. The minimum atomic E-state index is 0.510. The summed E-state index contributed by atoms with van der Waals surface area (Å²) < 4.78 is 0. The second-order valence-corrected chi connectivity index (χ2v) is 5.34. The smallest absolute Gasteiger partial charge is 0.0926 e. The maximum Gasteiger partial charge on any atom is 0.0926 e. The minimum Gasteiger partial charge on any atom is -0.193 e. The second kappa shape index (κ2) is 8.94. The molecule has 0 saturated heterocycles. The number of thiocarbonyl (C=S) groups is 1. The largest absolute Gasteiger partial charge is 0.193 e. The van der Waals surface area contributed by atoms with Crippen molar-refractivity contribution in [1.82, 2.24) is 0 Å². The summed E-state index contributed by atoms with van der Waals surface area (Å²) >= 11 is 10.7. The Morgan fingerprint density at radius 3 is 2.17 bits per heavy atom. The molecule has 2 aromatic carbocycles. The van der Waals surface area contributed by atoms with Gasteiger partial charge in [-0.1, -0.05) is 42.2 Å². The standard InChI is InChI=1S/C20H14ClNS/c1-2-3-4-5-16-6-8-17(9-7-16)10-11-18-12-13-20(22-15-23)19(21)14-18/h6-9,12-14H,2-3H2,1H3. The SMILES string of the molecule is CCCC#Cc1ccc(C#Cc2ccc(N=C=S)c(Cl)c2)cc1. The fraction of sp³-hybridized carbons (Fsp3) is 0.150. The van der Waals surface area contributed by atoms with Gasteiger partial charge in [-0.05, 0) is 61.1 Å². The summed E-state index contributed by atoms with van der Waals surface area (Å²) in [5.74, 6) is 12.5. The summed E-state index contributed by atoms with van der Waals surface area (Å²) in [6, 6.07) is 13.3. The average molecular weight is 336 g/mol. The molecule has 0 aliphatic carbocycles. The van der Waals surface area contributed by atoms with E-state index in [1.54, 1.807) is 12.1 Å². The fourth-order valence-electron chi connectivity index (χ4n) is 1.80. The Bertz CT molecular complexity index is 854. The molecule has 0 heterocycles. The highest BCUT2D eigenvalue weighted by Gasteiger charge is 1.98. The average Bonchev–Trinajstić information content (AvgIpc) is 2.57. The molecule has 0 fully saturated rings.